The molecule has 0 bridgehead atoms. The van der Waals surface area contributed by atoms with Crippen molar-refractivity contribution in [2.24, 2.45) is 5.92 Å². The van der Waals surface area contributed by atoms with Crippen molar-refractivity contribution >= 4 is 5.78 Å². The zero-order chi connectivity index (χ0) is 7.78. The van der Waals surface area contributed by atoms with Gasteiger partial charge in [0.05, 0.1) is 5.60 Å². The quantitative estimate of drug-likeness (QED) is 0.582. The first-order valence-electron chi connectivity index (χ1n) is 3.63. The highest BCUT2D eigenvalue weighted by Crippen LogP contribution is 2.34. The Kier molecular flexibility index (Phi) is 1.82. The molecule has 0 radical (unpaired) electrons. The average molecular weight is 142 g/mol. The number of methoxy groups -OCH3 is 1. The lowest BCUT2D eigenvalue weighted by atomic mass is 9.73. The van der Waals surface area contributed by atoms with E-state index in [1.807, 2.05) is 13.8 Å². The summed E-state index contributed by atoms with van der Waals surface area (Å²) < 4.78 is 5.24. The predicted octanol–water partition coefficient (Wildman–Crippen LogP) is 1.39. The summed E-state index contributed by atoms with van der Waals surface area (Å²) in [5.74, 6) is 0.820. The van der Waals surface area contributed by atoms with E-state index in [4.69, 9.17) is 4.74 Å². The Morgan fingerprint density at radius 1 is 1.50 bits per heavy atom. The number of Topliss-reactive ketones (excluding diaryl/α,β-unsaturated/α-hetero) is 1. The van der Waals surface area contributed by atoms with Gasteiger partial charge in [0.15, 0.2) is 0 Å². The van der Waals surface area contributed by atoms with Crippen molar-refractivity contribution in [1.82, 2.24) is 0 Å². The molecule has 58 valence electrons. The third-order valence-corrected chi connectivity index (χ3v) is 2.46. The van der Waals surface area contributed by atoms with Crippen molar-refractivity contribution in [2.75, 3.05) is 7.11 Å². The van der Waals surface area contributed by atoms with E-state index >= 15 is 0 Å². The van der Waals surface area contributed by atoms with Crippen molar-refractivity contribution in [3.05, 3.63) is 0 Å². The molecule has 0 atom stereocenters. The summed E-state index contributed by atoms with van der Waals surface area (Å²) in [5.41, 5.74) is -0.103. The van der Waals surface area contributed by atoms with Crippen LogP contribution in [0.1, 0.15) is 26.7 Å². The highest BCUT2D eigenvalue weighted by molar-refractivity contribution is 5.84. The molecule has 1 aliphatic carbocycles. The van der Waals surface area contributed by atoms with Gasteiger partial charge in [-0.3, -0.25) is 4.79 Å². The summed E-state index contributed by atoms with van der Waals surface area (Å²) in [5, 5.41) is 0. The second-order valence-corrected chi connectivity index (χ2v) is 3.45. The van der Waals surface area contributed by atoms with Gasteiger partial charge < -0.3 is 4.74 Å². The fourth-order valence-electron chi connectivity index (χ4n) is 1.15. The molecule has 1 fully saturated rings. The van der Waals surface area contributed by atoms with Crippen LogP contribution in [0.15, 0.2) is 0 Å². The number of carbonyl (C=O) groups excluding carboxylic acids is 1. The molecule has 10 heavy (non-hydrogen) atoms. The van der Waals surface area contributed by atoms with E-state index in [1.54, 1.807) is 7.11 Å². The fraction of sp³-hybridized carbons (Fsp3) is 0.875. The molecule has 1 aliphatic rings. The van der Waals surface area contributed by atoms with E-state index in [0.717, 1.165) is 0 Å². The lowest BCUT2D eigenvalue weighted by Gasteiger charge is -2.37. The highest BCUT2D eigenvalue weighted by Gasteiger charge is 2.38. The van der Waals surface area contributed by atoms with Crippen molar-refractivity contribution in [3.8, 4) is 0 Å². The first-order chi connectivity index (χ1) is 4.56. The van der Waals surface area contributed by atoms with E-state index in [2.05, 4.69) is 0 Å². The van der Waals surface area contributed by atoms with E-state index in [0.29, 0.717) is 24.5 Å². The van der Waals surface area contributed by atoms with Gasteiger partial charge >= 0.3 is 0 Å². The zero-order valence-corrected chi connectivity index (χ0v) is 6.81. The molecule has 1 rings (SSSR count). The monoisotopic (exact) mass is 142 g/mol. The summed E-state index contributed by atoms with van der Waals surface area (Å²) >= 11 is 0. The Morgan fingerprint density at radius 3 is 2.30 bits per heavy atom. The largest absolute Gasteiger partial charge is 0.378 e. The number of carbonyl (C=O) groups is 1. The molecule has 0 aromatic rings. The number of rotatable bonds is 2. The standard InChI is InChI=1S/C8H14O2/c1-8(2,10-3)6-4-7(9)5-6/h6H,4-5H2,1-3H3. The Labute approximate surface area is 61.6 Å². The molecule has 2 nitrogen and oxygen atoms in total. The molecular weight excluding hydrogens is 128 g/mol. The van der Waals surface area contributed by atoms with Crippen LogP contribution in [-0.4, -0.2) is 18.5 Å². The van der Waals surface area contributed by atoms with Gasteiger partial charge in [-0.1, -0.05) is 0 Å². The predicted molar refractivity (Wildman–Crippen MR) is 38.8 cm³/mol. The maximum absolute atomic E-state index is 10.6. The molecule has 0 saturated heterocycles. The van der Waals surface area contributed by atoms with Gasteiger partial charge in [0.2, 0.25) is 0 Å². The topological polar surface area (TPSA) is 26.3 Å². The molecule has 0 aliphatic heterocycles. The molecule has 0 amide bonds. The molecule has 0 aromatic carbocycles. The average Bonchev–Trinajstić information content (AvgIpc) is 1.81. The maximum atomic E-state index is 10.6. The van der Waals surface area contributed by atoms with E-state index in [-0.39, 0.29) is 5.60 Å². The summed E-state index contributed by atoms with van der Waals surface area (Å²) in [6.45, 7) is 4.06. The normalized spacial score (nSPS) is 20.9. The Hall–Kier alpha value is -0.370. The number of ether oxygens (including phenoxy) is 1. The second kappa shape index (κ2) is 2.35. The van der Waals surface area contributed by atoms with Crippen LogP contribution < -0.4 is 0 Å². The van der Waals surface area contributed by atoms with Gasteiger partial charge in [-0.2, -0.15) is 0 Å². The van der Waals surface area contributed by atoms with Crippen LogP contribution in [-0.2, 0) is 9.53 Å². The smallest absolute Gasteiger partial charge is 0.133 e. The molecule has 1 saturated carbocycles. The molecular formula is C8H14O2. The van der Waals surface area contributed by atoms with Crippen molar-refractivity contribution in [1.29, 1.82) is 0 Å². The zero-order valence-electron chi connectivity index (χ0n) is 6.81. The molecule has 0 aromatic heterocycles. The Balaban J connectivity index is 2.43. The summed E-state index contributed by atoms with van der Waals surface area (Å²) in [6.07, 6.45) is 1.42. The molecule has 0 unspecified atom stereocenters. The van der Waals surface area contributed by atoms with Crippen molar-refractivity contribution in [3.63, 3.8) is 0 Å². The van der Waals surface area contributed by atoms with Crippen LogP contribution in [0.3, 0.4) is 0 Å². The van der Waals surface area contributed by atoms with Gasteiger partial charge in [0, 0.05) is 25.9 Å². The summed E-state index contributed by atoms with van der Waals surface area (Å²) in [4.78, 5) is 10.6. The van der Waals surface area contributed by atoms with Crippen LogP contribution in [0, 0.1) is 5.92 Å². The van der Waals surface area contributed by atoms with Gasteiger partial charge in [0.25, 0.3) is 0 Å². The Bertz CT molecular complexity index is 141. The Morgan fingerprint density at radius 2 is 2.00 bits per heavy atom. The van der Waals surface area contributed by atoms with Crippen LogP contribution in [0.2, 0.25) is 0 Å². The van der Waals surface area contributed by atoms with Gasteiger partial charge in [-0.05, 0) is 13.8 Å². The maximum Gasteiger partial charge on any atom is 0.133 e. The first-order valence-corrected chi connectivity index (χ1v) is 3.63. The van der Waals surface area contributed by atoms with Crippen LogP contribution >= 0.6 is 0 Å². The molecule has 2 heteroatoms. The van der Waals surface area contributed by atoms with Gasteiger partial charge in [0.1, 0.15) is 5.78 Å². The fourth-order valence-corrected chi connectivity index (χ4v) is 1.15. The second-order valence-electron chi connectivity index (χ2n) is 3.45. The minimum absolute atomic E-state index is 0.103. The third kappa shape index (κ3) is 1.21. The first kappa shape index (κ1) is 7.73. The van der Waals surface area contributed by atoms with Crippen molar-refractivity contribution < 1.29 is 9.53 Å². The SMILES string of the molecule is COC(C)(C)C1CC(=O)C1. The molecule has 0 spiro atoms. The van der Waals surface area contributed by atoms with Gasteiger partial charge in [-0.15, -0.1) is 0 Å². The lowest BCUT2D eigenvalue weighted by Crippen LogP contribution is -2.42. The molecule has 0 N–H and O–H groups in total. The highest BCUT2D eigenvalue weighted by atomic mass is 16.5. The van der Waals surface area contributed by atoms with Crippen LogP contribution in [0.4, 0.5) is 0 Å². The van der Waals surface area contributed by atoms with Crippen LogP contribution in [0.5, 0.6) is 0 Å². The summed E-state index contributed by atoms with van der Waals surface area (Å²) in [6, 6.07) is 0. The lowest BCUT2D eigenvalue weighted by molar-refractivity contribution is -0.137. The van der Waals surface area contributed by atoms with E-state index in [9.17, 15) is 4.79 Å². The number of hydrogen-bond donors (Lipinski definition) is 0. The third-order valence-electron chi connectivity index (χ3n) is 2.46. The number of ketones is 1. The minimum atomic E-state index is -0.103. The van der Waals surface area contributed by atoms with E-state index in [1.165, 1.54) is 0 Å². The van der Waals surface area contributed by atoms with Gasteiger partial charge in [-0.25, -0.2) is 0 Å². The van der Waals surface area contributed by atoms with Crippen molar-refractivity contribution in [2.45, 2.75) is 32.3 Å². The number of hydrogen-bond acceptors (Lipinski definition) is 2. The summed E-state index contributed by atoms with van der Waals surface area (Å²) in [7, 11) is 1.70. The van der Waals surface area contributed by atoms with E-state index < -0.39 is 0 Å². The molecule has 0 heterocycles. The minimum Gasteiger partial charge on any atom is -0.378 e. The van der Waals surface area contributed by atoms with Crippen LogP contribution in [0.25, 0.3) is 0 Å².